The van der Waals surface area contributed by atoms with Crippen LogP contribution < -0.4 is 11.1 Å². The summed E-state index contributed by atoms with van der Waals surface area (Å²) < 4.78 is 0. The summed E-state index contributed by atoms with van der Waals surface area (Å²) in [4.78, 5) is 8.64. The smallest absolute Gasteiger partial charge is 0.220 e. The van der Waals surface area contributed by atoms with E-state index in [4.69, 9.17) is 17.3 Å². The molecule has 4 nitrogen and oxygen atoms in total. The summed E-state index contributed by atoms with van der Waals surface area (Å²) in [5.74, 6) is 0.725. The minimum absolute atomic E-state index is 0.336. The van der Waals surface area contributed by atoms with Crippen LogP contribution in [0.2, 0.25) is 5.02 Å². The van der Waals surface area contributed by atoms with Crippen molar-refractivity contribution in [2.24, 2.45) is 0 Å². The lowest BCUT2D eigenvalue weighted by Crippen LogP contribution is -2.29. The standard InChI is InChI=1S/C15H17ClN4/c16-12-5-3-10(4-6-12)13-9-19-15(17)20-14(13)11-2-1-7-18-8-11/h3-6,9,11,18H,1-2,7-8H2,(H2,17,19,20)/t11-/m0/s1. The van der Waals surface area contributed by atoms with Crippen LogP contribution in [0.3, 0.4) is 0 Å². The highest BCUT2D eigenvalue weighted by molar-refractivity contribution is 6.30. The van der Waals surface area contributed by atoms with Crippen LogP contribution in [0, 0.1) is 0 Å². The number of nitrogens with zero attached hydrogens (tertiary/aromatic N) is 2. The number of hydrogen-bond donors (Lipinski definition) is 2. The Bertz CT molecular complexity index is 591. The number of aromatic nitrogens is 2. The second-order valence-electron chi connectivity index (χ2n) is 5.08. The first kappa shape index (κ1) is 13.3. The van der Waals surface area contributed by atoms with E-state index in [9.17, 15) is 0 Å². The maximum Gasteiger partial charge on any atom is 0.220 e. The maximum absolute atomic E-state index is 5.95. The Morgan fingerprint density at radius 2 is 2.05 bits per heavy atom. The Hall–Kier alpha value is -1.65. The van der Waals surface area contributed by atoms with Gasteiger partial charge in [0.25, 0.3) is 0 Å². The van der Waals surface area contributed by atoms with Gasteiger partial charge in [0, 0.05) is 29.2 Å². The quantitative estimate of drug-likeness (QED) is 0.892. The van der Waals surface area contributed by atoms with E-state index in [2.05, 4.69) is 15.3 Å². The van der Waals surface area contributed by atoms with E-state index in [1.165, 1.54) is 0 Å². The highest BCUT2D eigenvalue weighted by Gasteiger charge is 2.21. The fourth-order valence-electron chi connectivity index (χ4n) is 2.66. The molecule has 0 aliphatic carbocycles. The number of halogens is 1. The first-order chi connectivity index (χ1) is 9.74. The summed E-state index contributed by atoms with van der Waals surface area (Å²) >= 11 is 5.95. The second kappa shape index (κ2) is 5.77. The van der Waals surface area contributed by atoms with Crippen molar-refractivity contribution < 1.29 is 0 Å². The van der Waals surface area contributed by atoms with E-state index in [-0.39, 0.29) is 0 Å². The van der Waals surface area contributed by atoms with Crippen LogP contribution in [0.15, 0.2) is 30.5 Å². The van der Waals surface area contributed by atoms with Crippen LogP contribution in [0.5, 0.6) is 0 Å². The molecule has 1 aromatic heterocycles. The van der Waals surface area contributed by atoms with Gasteiger partial charge in [-0.05, 0) is 37.1 Å². The molecule has 0 unspecified atom stereocenters. The Kier molecular flexibility index (Phi) is 3.85. The average Bonchev–Trinajstić information content (AvgIpc) is 2.49. The summed E-state index contributed by atoms with van der Waals surface area (Å²) in [5.41, 5.74) is 8.93. The van der Waals surface area contributed by atoms with Crippen molar-refractivity contribution >= 4 is 17.5 Å². The monoisotopic (exact) mass is 288 g/mol. The number of piperidine rings is 1. The van der Waals surface area contributed by atoms with Gasteiger partial charge in [-0.25, -0.2) is 9.97 Å². The number of nitrogens with two attached hydrogens (primary N) is 1. The molecule has 0 bridgehead atoms. The lowest BCUT2D eigenvalue weighted by molar-refractivity contribution is 0.455. The van der Waals surface area contributed by atoms with Crippen molar-refractivity contribution in [1.29, 1.82) is 0 Å². The molecule has 104 valence electrons. The van der Waals surface area contributed by atoms with Gasteiger partial charge in [0.15, 0.2) is 0 Å². The molecule has 0 spiro atoms. The van der Waals surface area contributed by atoms with Crippen LogP contribution in [0.1, 0.15) is 24.5 Å². The fraction of sp³-hybridized carbons (Fsp3) is 0.333. The lowest BCUT2D eigenvalue weighted by Gasteiger charge is -2.24. The lowest BCUT2D eigenvalue weighted by atomic mass is 9.91. The molecule has 1 saturated heterocycles. The molecule has 2 aromatic rings. The van der Waals surface area contributed by atoms with E-state index in [1.807, 2.05) is 30.5 Å². The predicted octanol–water partition coefficient (Wildman–Crippen LogP) is 2.85. The van der Waals surface area contributed by atoms with Gasteiger partial charge in [-0.2, -0.15) is 0 Å². The Balaban J connectivity index is 2.03. The molecule has 3 rings (SSSR count). The third-order valence-electron chi connectivity index (χ3n) is 3.68. The molecule has 0 radical (unpaired) electrons. The van der Waals surface area contributed by atoms with Crippen LogP contribution in [0.4, 0.5) is 5.95 Å². The van der Waals surface area contributed by atoms with Gasteiger partial charge < -0.3 is 11.1 Å². The largest absolute Gasteiger partial charge is 0.368 e. The zero-order valence-electron chi connectivity index (χ0n) is 11.1. The maximum atomic E-state index is 5.95. The molecule has 1 atom stereocenters. The van der Waals surface area contributed by atoms with Gasteiger partial charge in [-0.1, -0.05) is 23.7 Å². The molecule has 20 heavy (non-hydrogen) atoms. The Labute approximate surface area is 123 Å². The van der Waals surface area contributed by atoms with E-state index in [0.717, 1.165) is 47.8 Å². The molecule has 2 heterocycles. The average molecular weight is 289 g/mol. The topological polar surface area (TPSA) is 63.8 Å². The molecular formula is C15H17ClN4. The van der Waals surface area contributed by atoms with E-state index in [1.54, 1.807) is 0 Å². The van der Waals surface area contributed by atoms with Crippen molar-refractivity contribution in [3.63, 3.8) is 0 Å². The zero-order valence-corrected chi connectivity index (χ0v) is 11.9. The zero-order chi connectivity index (χ0) is 13.9. The molecule has 1 aliphatic rings. The fourth-order valence-corrected chi connectivity index (χ4v) is 2.78. The highest BCUT2D eigenvalue weighted by atomic mass is 35.5. The molecule has 0 amide bonds. The Morgan fingerprint density at radius 1 is 1.25 bits per heavy atom. The Morgan fingerprint density at radius 3 is 2.75 bits per heavy atom. The number of nitrogen functional groups attached to an aromatic ring is 1. The van der Waals surface area contributed by atoms with E-state index in [0.29, 0.717) is 11.9 Å². The minimum Gasteiger partial charge on any atom is -0.368 e. The van der Waals surface area contributed by atoms with Crippen molar-refractivity contribution in [2.75, 3.05) is 18.8 Å². The van der Waals surface area contributed by atoms with Gasteiger partial charge in [0.2, 0.25) is 5.95 Å². The second-order valence-corrected chi connectivity index (χ2v) is 5.51. The number of hydrogen-bond acceptors (Lipinski definition) is 4. The first-order valence-corrected chi connectivity index (χ1v) is 7.21. The van der Waals surface area contributed by atoms with Crippen LogP contribution >= 0.6 is 11.6 Å². The molecule has 1 aromatic carbocycles. The summed E-state index contributed by atoms with van der Waals surface area (Å²) in [7, 11) is 0. The molecular weight excluding hydrogens is 272 g/mol. The SMILES string of the molecule is Nc1ncc(-c2ccc(Cl)cc2)c([C@H]2CCCNC2)n1. The third kappa shape index (κ3) is 2.76. The summed E-state index contributed by atoms with van der Waals surface area (Å²) in [5, 5.41) is 4.15. The number of anilines is 1. The van der Waals surface area contributed by atoms with Crippen molar-refractivity contribution in [2.45, 2.75) is 18.8 Å². The molecule has 3 N–H and O–H groups in total. The summed E-state index contributed by atoms with van der Waals surface area (Å²) in [6, 6.07) is 7.76. The van der Waals surface area contributed by atoms with Crippen LogP contribution in [-0.2, 0) is 0 Å². The third-order valence-corrected chi connectivity index (χ3v) is 3.93. The first-order valence-electron chi connectivity index (χ1n) is 6.83. The molecule has 1 aliphatic heterocycles. The van der Waals surface area contributed by atoms with Crippen LogP contribution in [0.25, 0.3) is 11.1 Å². The normalized spacial score (nSPS) is 18.9. The summed E-state index contributed by atoms with van der Waals surface area (Å²) in [6.45, 7) is 2.02. The summed E-state index contributed by atoms with van der Waals surface area (Å²) in [6.07, 6.45) is 4.11. The number of nitrogens with one attached hydrogen (secondary N) is 1. The van der Waals surface area contributed by atoms with Gasteiger partial charge in [0.1, 0.15) is 0 Å². The van der Waals surface area contributed by atoms with Gasteiger partial charge in [0.05, 0.1) is 5.69 Å². The number of benzene rings is 1. The molecule has 0 saturated carbocycles. The molecule has 5 heteroatoms. The van der Waals surface area contributed by atoms with Gasteiger partial charge in [-0.15, -0.1) is 0 Å². The van der Waals surface area contributed by atoms with Crippen molar-refractivity contribution in [3.05, 3.63) is 41.2 Å². The van der Waals surface area contributed by atoms with Gasteiger partial charge in [-0.3, -0.25) is 0 Å². The van der Waals surface area contributed by atoms with E-state index >= 15 is 0 Å². The predicted molar refractivity (Wildman–Crippen MR) is 81.7 cm³/mol. The van der Waals surface area contributed by atoms with Crippen molar-refractivity contribution in [1.82, 2.24) is 15.3 Å². The minimum atomic E-state index is 0.336. The molecule has 1 fully saturated rings. The van der Waals surface area contributed by atoms with E-state index < -0.39 is 0 Å². The van der Waals surface area contributed by atoms with Crippen molar-refractivity contribution in [3.8, 4) is 11.1 Å². The number of rotatable bonds is 2. The van der Waals surface area contributed by atoms with Gasteiger partial charge >= 0.3 is 0 Å². The van der Waals surface area contributed by atoms with Crippen LogP contribution in [-0.4, -0.2) is 23.1 Å². The highest BCUT2D eigenvalue weighted by Crippen LogP contribution is 2.31.